The van der Waals surface area contributed by atoms with E-state index in [0.717, 1.165) is 12.8 Å². The van der Waals surface area contributed by atoms with Gasteiger partial charge >= 0.3 is 5.97 Å². The first-order valence-electron chi connectivity index (χ1n) is 9.62. The van der Waals surface area contributed by atoms with E-state index in [-0.39, 0.29) is 22.1 Å². The van der Waals surface area contributed by atoms with Crippen molar-refractivity contribution in [2.24, 2.45) is 0 Å². The van der Waals surface area contributed by atoms with Gasteiger partial charge in [0.25, 0.3) is 10.0 Å². The van der Waals surface area contributed by atoms with Crippen LogP contribution in [0, 0.1) is 11.3 Å². The molecule has 1 saturated carbocycles. The molecule has 0 aliphatic heterocycles. The van der Waals surface area contributed by atoms with E-state index < -0.39 is 16.0 Å². The molecule has 0 amide bonds. The number of hydrogen-bond donors (Lipinski definition) is 1. The van der Waals surface area contributed by atoms with Crippen LogP contribution in [0.25, 0.3) is 11.1 Å². The molecule has 3 aromatic rings. The van der Waals surface area contributed by atoms with Crippen LogP contribution in [0.3, 0.4) is 0 Å². The summed E-state index contributed by atoms with van der Waals surface area (Å²) in [7, 11) is -2.81. The average molecular weight is 433 g/mol. The lowest BCUT2D eigenvalue weighted by Crippen LogP contribution is -2.17. The zero-order valence-electron chi connectivity index (χ0n) is 16.7. The third kappa shape index (κ3) is 4.27. The van der Waals surface area contributed by atoms with Crippen molar-refractivity contribution < 1.29 is 17.9 Å². The van der Waals surface area contributed by atoms with Crippen molar-refractivity contribution in [1.29, 1.82) is 5.26 Å². The second-order valence-electron chi connectivity index (χ2n) is 7.24. The summed E-state index contributed by atoms with van der Waals surface area (Å²) in [5.41, 5.74) is 2.70. The highest BCUT2D eigenvalue weighted by atomic mass is 32.2. The van der Waals surface area contributed by atoms with Gasteiger partial charge in [0, 0.05) is 23.5 Å². The van der Waals surface area contributed by atoms with Gasteiger partial charge in [-0.1, -0.05) is 18.2 Å². The van der Waals surface area contributed by atoms with Gasteiger partial charge in [-0.2, -0.15) is 5.26 Å². The number of nitriles is 1. The predicted molar refractivity (Wildman–Crippen MR) is 115 cm³/mol. The van der Waals surface area contributed by atoms with E-state index in [0.29, 0.717) is 22.3 Å². The van der Waals surface area contributed by atoms with Crippen LogP contribution in [0.5, 0.6) is 0 Å². The molecular weight excluding hydrogens is 414 g/mol. The van der Waals surface area contributed by atoms with Crippen molar-refractivity contribution in [2.75, 3.05) is 11.8 Å². The molecule has 156 valence electrons. The summed E-state index contributed by atoms with van der Waals surface area (Å²) in [6, 6.07) is 15.0. The number of rotatable bonds is 6. The molecular formula is C23H19N3O4S. The molecule has 0 saturated heterocycles. The van der Waals surface area contributed by atoms with Gasteiger partial charge in [0.1, 0.15) is 0 Å². The van der Waals surface area contributed by atoms with Crippen LogP contribution in [0.2, 0.25) is 0 Å². The van der Waals surface area contributed by atoms with Crippen LogP contribution >= 0.6 is 0 Å². The van der Waals surface area contributed by atoms with Crippen LogP contribution < -0.4 is 4.72 Å². The minimum Gasteiger partial charge on any atom is -0.465 e. The molecule has 8 heteroatoms. The van der Waals surface area contributed by atoms with Crippen molar-refractivity contribution >= 4 is 21.7 Å². The number of pyridine rings is 1. The van der Waals surface area contributed by atoms with Gasteiger partial charge < -0.3 is 4.74 Å². The van der Waals surface area contributed by atoms with E-state index in [1.165, 1.54) is 19.2 Å². The Balaban J connectivity index is 1.81. The Labute approximate surface area is 180 Å². The molecule has 1 aliphatic rings. The number of aromatic nitrogens is 1. The van der Waals surface area contributed by atoms with Crippen LogP contribution in [0.4, 0.5) is 5.69 Å². The van der Waals surface area contributed by atoms with E-state index in [4.69, 9.17) is 4.74 Å². The van der Waals surface area contributed by atoms with E-state index >= 15 is 0 Å². The number of nitrogens with one attached hydrogen (secondary N) is 1. The number of methoxy groups -OCH3 is 1. The lowest BCUT2D eigenvalue weighted by atomic mass is 10.0. The highest BCUT2D eigenvalue weighted by molar-refractivity contribution is 7.92. The molecule has 2 aromatic carbocycles. The molecule has 0 unspecified atom stereocenters. The number of carbonyl (C=O) groups excluding carboxylic acids is 1. The lowest BCUT2D eigenvalue weighted by Gasteiger charge is -2.16. The molecule has 4 rings (SSSR count). The number of carbonyl (C=O) groups is 1. The van der Waals surface area contributed by atoms with Crippen molar-refractivity contribution in [2.45, 2.75) is 23.7 Å². The standard InChI is InChI=1S/C23H19N3O4S/c1-30-23(27)17-7-9-20(16-5-6-16)22(12-17)31(28,29)26-21-11-15(13-24)4-8-19(21)18-3-2-10-25-14-18/h2-4,7-12,14,16,26H,5-6H2,1H3. The molecule has 1 fully saturated rings. The Morgan fingerprint density at radius 3 is 2.65 bits per heavy atom. The quantitative estimate of drug-likeness (QED) is 0.587. The molecule has 0 radical (unpaired) electrons. The van der Waals surface area contributed by atoms with Gasteiger partial charge in [-0.05, 0) is 54.7 Å². The molecule has 1 aliphatic carbocycles. The highest BCUT2D eigenvalue weighted by Gasteiger charge is 2.31. The number of nitrogens with zero attached hydrogens (tertiary/aromatic N) is 2. The molecule has 31 heavy (non-hydrogen) atoms. The summed E-state index contributed by atoms with van der Waals surface area (Å²) in [5.74, 6) is -0.470. The largest absolute Gasteiger partial charge is 0.465 e. The fourth-order valence-corrected chi connectivity index (χ4v) is 4.81. The van der Waals surface area contributed by atoms with Gasteiger partial charge in [-0.25, -0.2) is 13.2 Å². The highest BCUT2D eigenvalue weighted by Crippen LogP contribution is 2.43. The van der Waals surface area contributed by atoms with Gasteiger partial charge in [-0.15, -0.1) is 0 Å². The zero-order chi connectivity index (χ0) is 22.0. The molecule has 1 N–H and O–H groups in total. The van der Waals surface area contributed by atoms with E-state index in [9.17, 15) is 18.5 Å². The first-order valence-corrected chi connectivity index (χ1v) is 11.1. The fourth-order valence-electron chi connectivity index (χ4n) is 3.42. The number of esters is 1. The molecule has 0 spiro atoms. The van der Waals surface area contributed by atoms with Crippen molar-refractivity contribution in [3.05, 3.63) is 77.6 Å². The van der Waals surface area contributed by atoms with Crippen molar-refractivity contribution in [1.82, 2.24) is 4.98 Å². The number of sulfonamides is 1. The Morgan fingerprint density at radius 1 is 1.19 bits per heavy atom. The first kappa shape index (κ1) is 20.6. The lowest BCUT2D eigenvalue weighted by molar-refractivity contribution is 0.0600. The minimum absolute atomic E-state index is 0.0393. The van der Waals surface area contributed by atoms with Gasteiger partial charge in [-0.3, -0.25) is 9.71 Å². The minimum atomic E-state index is -4.06. The smallest absolute Gasteiger partial charge is 0.337 e. The number of hydrogen-bond acceptors (Lipinski definition) is 6. The summed E-state index contributed by atoms with van der Waals surface area (Å²) >= 11 is 0. The summed E-state index contributed by atoms with van der Waals surface area (Å²) < 4.78 is 34.3. The molecule has 0 atom stereocenters. The number of benzene rings is 2. The van der Waals surface area contributed by atoms with E-state index in [2.05, 4.69) is 9.71 Å². The summed E-state index contributed by atoms with van der Waals surface area (Å²) in [6.07, 6.45) is 5.03. The summed E-state index contributed by atoms with van der Waals surface area (Å²) in [6.45, 7) is 0. The van der Waals surface area contributed by atoms with E-state index in [1.54, 1.807) is 48.8 Å². The fraction of sp³-hybridized carbons (Fsp3) is 0.174. The topological polar surface area (TPSA) is 109 Å². The Hall–Kier alpha value is -3.70. The zero-order valence-corrected chi connectivity index (χ0v) is 17.5. The maximum atomic E-state index is 13.4. The Morgan fingerprint density at radius 2 is 2.00 bits per heavy atom. The van der Waals surface area contributed by atoms with Gasteiger partial charge in [0.2, 0.25) is 0 Å². The maximum absolute atomic E-state index is 13.4. The van der Waals surface area contributed by atoms with Crippen LogP contribution in [-0.4, -0.2) is 26.5 Å². The van der Waals surface area contributed by atoms with Crippen LogP contribution in [-0.2, 0) is 14.8 Å². The predicted octanol–water partition coefficient (Wildman–Crippen LogP) is 4.09. The monoisotopic (exact) mass is 433 g/mol. The first-order chi connectivity index (χ1) is 14.9. The average Bonchev–Trinajstić information content (AvgIpc) is 3.64. The van der Waals surface area contributed by atoms with Crippen LogP contribution in [0.1, 0.15) is 40.2 Å². The van der Waals surface area contributed by atoms with E-state index in [1.807, 2.05) is 6.07 Å². The second-order valence-corrected chi connectivity index (χ2v) is 8.89. The normalized spacial score (nSPS) is 13.3. The molecule has 1 heterocycles. The van der Waals surface area contributed by atoms with Gasteiger partial charge in [0.05, 0.1) is 34.9 Å². The maximum Gasteiger partial charge on any atom is 0.337 e. The van der Waals surface area contributed by atoms with Crippen molar-refractivity contribution in [3.8, 4) is 17.2 Å². The second kappa shape index (κ2) is 8.20. The summed E-state index contributed by atoms with van der Waals surface area (Å²) in [5, 5.41) is 9.30. The molecule has 7 nitrogen and oxygen atoms in total. The molecule has 1 aromatic heterocycles. The Bertz CT molecular complexity index is 1290. The SMILES string of the molecule is COC(=O)c1ccc(C2CC2)c(S(=O)(=O)Nc2cc(C#N)ccc2-c2cccnc2)c1. The van der Waals surface area contributed by atoms with Crippen LogP contribution in [0.15, 0.2) is 65.8 Å². The number of ether oxygens (including phenoxy) is 1. The Kier molecular flexibility index (Phi) is 5.44. The third-order valence-electron chi connectivity index (χ3n) is 5.11. The third-order valence-corrected chi connectivity index (χ3v) is 6.53. The summed E-state index contributed by atoms with van der Waals surface area (Å²) in [4.78, 5) is 16.1. The van der Waals surface area contributed by atoms with Gasteiger partial charge in [0.15, 0.2) is 0 Å². The molecule has 0 bridgehead atoms. The van der Waals surface area contributed by atoms with Crippen molar-refractivity contribution in [3.63, 3.8) is 0 Å². The number of anilines is 1.